The van der Waals surface area contributed by atoms with Gasteiger partial charge >= 0.3 is 13.6 Å². The summed E-state index contributed by atoms with van der Waals surface area (Å²) in [4.78, 5) is 33.7. The molecule has 1 aliphatic rings. The number of nitrogens with zero attached hydrogens (tertiary/aromatic N) is 4. The minimum atomic E-state index is -3.92. The van der Waals surface area contributed by atoms with Crippen LogP contribution in [0, 0.1) is 0 Å². The van der Waals surface area contributed by atoms with Crippen LogP contribution < -0.4 is 16.4 Å². The smallest absolute Gasteiger partial charge is 0.329 e. The Morgan fingerprint density at radius 2 is 2.13 bits per heavy atom. The van der Waals surface area contributed by atoms with Crippen LogP contribution in [0.3, 0.4) is 0 Å². The van der Waals surface area contributed by atoms with Gasteiger partial charge in [-0.15, -0.1) is 0 Å². The minimum absolute atomic E-state index is 0.0412. The highest BCUT2D eigenvalue weighted by Gasteiger charge is 2.45. The maximum absolute atomic E-state index is 11.8. The van der Waals surface area contributed by atoms with Crippen LogP contribution in [0.25, 0.3) is 11.2 Å². The number of hydrogen-bond acceptors (Lipinski definition) is 10. The number of nitrogens with two attached hydrogens (primary N) is 1. The van der Waals surface area contributed by atoms with Crippen LogP contribution in [0.5, 0.6) is 0 Å². The van der Waals surface area contributed by atoms with Gasteiger partial charge in [0, 0.05) is 13.1 Å². The number of ether oxygens (including phenoxy) is 1. The number of urea groups is 1. The van der Waals surface area contributed by atoms with E-state index in [0.29, 0.717) is 6.54 Å². The first-order valence-corrected chi connectivity index (χ1v) is 10.9. The summed E-state index contributed by atoms with van der Waals surface area (Å²) >= 11 is 0. The van der Waals surface area contributed by atoms with E-state index >= 15 is 0 Å². The maximum Gasteiger partial charge on any atom is 0.329 e. The van der Waals surface area contributed by atoms with Gasteiger partial charge in [0.2, 0.25) is 0 Å². The number of aliphatic hydroxyl groups is 2. The van der Waals surface area contributed by atoms with Crippen LogP contribution in [0.2, 0.25) is 0 Å². The van der Waals surface area contributed by atoms with Gasteiger partial charge in [0.15, 0.2) is 23.2 Å². The molecule has 5 atom stereocenters. The predicted octanol–water partition coefficient (Wildman–Crippen LogP) is -1.25. The molecule has 30 heavy (non-hydrogen) atoms. The molecule has 0 saturated carbocycles. The Balaban J connectivity index is 1.78. The highest BCUT2D eigenvalue weighted by molar-refractivity contribution is 7.52. The summed E-state index contributed by atoms with van der Waals surface area (Å²) in [5.74, 6) is 0.153. The summed E-state index contributed by atoms with van der Waals surface area (Å²) in [6.45, 7) is 1.72. The largest absolute Gasteiger partial charge is 0.387 e. The van der Waals surface area contributed by atoms with Gasteiger partial charge in [0.25, 0.3) is 0 Å². The molecular weight excluding hydrogens is 421 g/mol. The number of nitrogens with one attached hydrogen (secondary N) is 2. The Morgan fingerprint density at radius 3 is 2.83 bits per heavy atom. The number of amides is 2. The van der Waals surface area contributed by atoms with E-state index in [1.807, 2.05) is 0 Å². The van der Waals surface area contributed by atoms with E-state index in [4.69, 9.17) is 15.0 Å². The number of fused-ring (bicyclic) bond motifs is 1. The van der Waals surface area contributed by atoms with Crippen LogP contribution in [-0.4, -0.2) is 84.8 Å². The van der Waals surface area contributed by atoms with Crippen LogP contribution in [0.4, 0.5) is 10.6 Å². The van der Waals surface area contributed by atoms with E-state index in [1.54, 1.807) is 6.92 Å². The summed E-state index contributed by atoms with van der Waals surface area (Å²) in [7, 11) is -3.92. The van der Waals surface area contributed by atoms with E-state index in [9.17, 15) is 24.5 Å². The molecule has 1 fully saturated rings. The van der Waals surface area contributed by atoms with Gasteiger partial charge in [0.1, 0.15) is 24.6 Å². The molecule has 3 rings (SSSR count). The molecule has 0 radical (unpaired) electrons. The molecule has 0 aromatic carbocycles. The highest BCUT2D eigenvalue weighted by Crippen LogP contribution is 2.42. The number of imidazole rings is 1. The number of hydrogen-bond donors (Lipinski definition) is 6. The third-order valence-corrected chi connectivity index (χ3v) is 5.77. The lowest BCUT2D eigenvalue weighted by molar-refractivity contribution is -0.0484. The number of anilines is 1. The maximum atomic E-state index is 11.8. The molecule has 3 heterocycles. The van der Waals surface area contributed by atoms with Crippen LogP contribution in [0.1, 0.15) is 13.2 Å². The van der Waals surface area contributed by atoms with Crippen molar-refractivity contribution in [1.82, 2.24) is 24.8 Å². The molecular formula is C15H24N7O7P. The van der Waals surface area contributed by atoms with E-state index in [2.05, 4.69) is 25.6 Å². The van der Waals surface area contributed by atoms with Gasteiger partial charge in [-0.1, -0.05) is 0 Å². The third-order valence-electron chi connectivity index (χ3n) is 4.39. The van der Waals surface area contributed by atoms with Crippen molar-refractivity contribution < 1.29 is 33.7 Å². The fourth-order valence-electron chi connectivity index (χ4n) is 2.96. The summed E-state index contributed by atoms with van der Waals surface area (Å²) in [6, 6.07) is -0.470. The summed E-state index contributed by atoms with van der Waals surface area (Å²) in [5.41, 5.74) is 5.75. The standard InChI is InChI=1S/C15H24N7O7P/c1-2-17-15(25)21-12-9-13(19-6-18-12)22(7-20-9)14-11(24)10(23)8(29-14)5-28-30(26,27)4-3-16/h6-8,10-11,14,23-24H,2-5,16H2,1H3,(H,26,27)(H2,17,18,19,21,25)/t8-,10?,11+,14-/m1/s1. The number of aromatic nitrogens is 4. The number of carbonyl (C=O) groups excluding carboxylic acids is 1. The molecule has 1 aliphatic heterocycles. The molecule has 1 saturated heterocycles. The first-order chi connectivity index (χ1) is 14.3. The topological polar surface area (TPSA) is 207 Å². The lowest BCUT2D eigenvalue weighted by Gasteiger charge is -2.17. The normalized spacial score (nSPS) is 25.9. The summed E-state index contributed by atoms with van der Waals surface area (Å²) in [6.07, 6.45) is -2.67. The molecule has 14 nitrogen and oxygen atoms in total. The molecule has 2 aromatic heterocycles. The quantitative estimate of drug-likeness (QED) is 0.264. The molecule has 2 aromatic rings. The molecule has 0 aliphatic carbocycles. The number of aliphatic hydroxyl groups excluding tert-OH is 2. The van der Waals surface area contributed by atoms with Gasteiger partial charge in [-0.2, -0.15) is 0 Å². The second-order valence-electron chi connectivity index (χ2n) is 6.52. The third kappa shape index (κ3) is 4.75. The first kappa shape index (κ1) is 22.5. The molecule has 2 amide bonds. The predicted molar refractivity (Wildman–Crippen MR) is 104 cm³/mol. The monoisotopic (exact) mass is 445 g/mol. The molecule has 0 bridgehead atoms. The number of rotatable bonds is 8. The minimum Gasteiger partial charge on any atom is -0.387 e. The van der Waals surface area contributed by atoms with Crippen molar-refractivity contribution in [3.8, 4) is 0 Å². The van der Waals surface area contributed by atoms with Crippen LogP contribution >= 0.6 is 7.60 Å². The molecule has 2 unspecified atom stereocenters. The number of carbonyl (C=O) groups is 1. The van der Waals surface area contributed by atoms with Gasteiger partial charge in [-0.25, -0.2) is 19.7 Å². The lowest BCUT2D eigenvalue weighted by atomic mass is 10.1. The zero-order valence-electron chi connectivity index (χ0n) is 16.1. The highest BCUT2D eigenvalue weighted by atomic mass is 31.2. The zero-order chi connectivity index (χ0) is 21.9. The fraction of sp³-hybridized carbons (Fsp3) is 0.600. The van der Waals surface area contributed by atoms with E-state index in [0.717, 1.165) is 0 Å². The molecule has 166 valence electrons. The van der Waals surface area contributed by atoms with Gasteiger partial charge in [-0.05, 0) is 6.92 Å². The van der Waals surface area contributed by atoms with Crippen LogP contribution in [-0.2, 0) is 13.8 Å². The fourth-order valence-corrected chi connectivity index (χ4v) is 3.79. The van der Waals surface area contributed by atoms with Gasteiger partial charge < -0.3 is 35.4 Å². The SMILES string of the molecule is CCNC(=O)Nc1ncnc2c1ncn2[C@@H]1O[C@H](COP(=O)(O)CCN)C(O)[C@@H]1O. The molecule has 15 heteroatoms. The van der Waals surface area contributed by atoms with Gasteiger partial charge in [0.05, 0.1) is 19.1 Å². The second-order valence-corrected chi connectivity index (χ2v) is 8.50. The van der Waals surface area contributed by atoms with Gasteiger partial charge in [-0.3, -0.25) is 14.4 Å². The first-order valence-electron chi connectivity index (χ1n) is 9.17. The Bertz CT molecular complexity index is 941. The van der Waals surface area contributed by atoms with Crippen molar-refractivity contribution in [2.45, 2.75) is 31.5 Å². The molecule has 0 spiro atoms. The average molecular weight is 445 g/mol. The summed E-state index contributed by atoms with van der Waals surface area (Å²) in [5, 5.41) is 25.8. The van der Waals surface area contributed by atoms with E-state index in [-0.39, 0.29) is 29.7 Å². The van der Waals surface area contributed by atoms with E-state index < -0.39 is 44.8 Å². The van der Waals surface area contributed by atoms with Crippen molar-refractivity contribution in [3.63, 3.8) is 0 Å². The molecule has 7 N–H and O–H groups in total. The Hall–Kier alpha value is -2.19. The van der Waals surface area contributed by atoms with Crippen molar-refractivity contribution in [1.29, 1.82) is 0 Å². The zero-order valence-corrected chi connectivity index (χ0v) is 17.0. The second kappa shape index (κ2) is 9.31. The summed E-state index contributed by atoms with van der Waals surface area (Å²) < 4.78 is 23.8. The van der Waals surface area contributed by atoms with Crippen molar-refractivity contribution in [2.75, 3.05) is 31.2 Å². The van der Waals surface area contributed by atoms with Crippen LogP contribution in [0.15, 0.2) is 12.7 Å². The lowest BCUT2D eigenvalue weighted by Crippen LogP contribution is -2.33. The van der Waals surface area contributed by atoms with Crippen molar-refractivity contribution >= 4 is 30.6 Å². The average Bonchev–Trinajstić information content (AvgIpc) is 3.23. The Labute approximate surface area is 171 Å². The Morgan fingerprint density at radius 1 is 1.37 bits per heavy atom. The van der Waals surface area contributed by atoms with Crippen molar-refractivity contribution in [3.05, 3.63) is 12.7 Å². The van der Waals surface area contributed by atoms with E-state index in [1.165, 1.54) is 17.2 Å². The van der Waals surface area contributed by atoms with Crippen molar-refractivity contribution in [2.24, 2.45) is 5.73 Å². The Kier molecular flexibility index (Phi) is 6.98.